The van der Waals surface area contributed by atoms with Gasteiger partial charge in [-0.05, 0) is 29.7 Å². The zero-order valence-corrected chi connectivity index (χ0v) is 14.5. The van der Waals surface area contributed by atoms with E-state index in [0.717, 1.165) is 42.5 Å². The minimum Gasteiger partial charge on any atom is -0.455 e. The molecule has 0 bridgehead atoms. The summed E-state index contributed by atoms with van der Waals surface area (Å²) >= 11 is 1.62. The van der Waals surface area contributed by atoms with Gasteiger partial charge in [-0.25, -0.2) is 0 Å². The molecule has 0 fully saturated rings. The van der Waals surface area contributed by atoms with Crippen molar-refractivity contribution in [3.05, 3.63) is 72.3 Å². The largest absolute Gasteiger partial charge is 0.455 e. The highest BCUT2D eigenvalue weighted by Gasteiger charge is 2.14. The van der Waals surface area contributed by atoms with E-state index in [0.29, 0.717) is 5.56 Å². The van der Waals surface area contributed by atoms with Gasteiger partial charge in [-0.15, -0.1) is 11.3 Å². The Labute approximate surface area is 153 Å². The summed E-state index contributed by atoms with van der Waals surface area (Å²) in [5.41, 5.74) is 3.35. The van der Waals surface area contributed by atoms with Crippen LogP contribution in [0.3, 0.4) is 0 Å². The smallest absolute Gasteiger partial charge is 0.188 e. The first kappa shape index (κ1) is 15.3. The van der Waals surface area contributed by atoms with Crippen molar-refractivity contribution in [2.75, 3.05) is 6.61 Å². The average Bonchev–Trinajstić information content (AvgIpc) is 3.27. The molecule has 0 aliphatic rings. The van der Waals surface area contributed by atoms with Crippen LogP contribution in [0.15, 0.2) is 71.1 Å². The molecule has 0 saturated heterocycles. The van der Waals surface area contributed by atoms with Gasteiger partial charge in [-0.2, -0.15) is 0 Å². The van der Waals surface area contributed by atoms with Gasteiger partial charge < -0.3 is 9.52 Å². The van der Waals surface area contributed by atoms with E-state index in [1.807, 2.05) is 36.4 Å². The van der Waals surface area contributed by atoms with Crippen molar-refractivity contribution in [1.29, 1.82) is 0 Å². The van der Waals surface area contributed by atoms with Crippen molar-refractivity contribution in [2.45, 2.75) is 0 Å². The Balaban J connectivity index is 1.73. The summed E-state index contributed by atoms with van der Waals surface area (Å²) in [6.07, 6.45) is 0. The first-order valence-electron chi connectivity index (χ1n) is 8.33. The van der Waals surface area contributed by atoms with Crippen molar-refractivity contribution in [3.63, 3.8) is 0 Å². The predicted octanol–water partition coefficient (Wildman–Crippen LogP) is 5.64. The van der Waals surface area contributed by atoms with Gasteiger partial charge in [-0.1, -0.05) is 42.5 Å². The zero-order chi connectivity index (χ0) is 17.7. The second-order valence-corrected chi connectivity index (χ2v) is 7.31. The van der Waals surface area contributed by atoms with E-state index in [9.17, 15) is 4.79 Å². The average molecular weight is 358 g/mol. The van der Waals surface area contributed by atoms with Gasteiger partial charge in [-0.3, -0.25) is 4.79 Å². The molecule has 0 atom stereocenters. The number of fused-ring (bicyclic) bond motifs is 4. The highest BCUT2D eigenvalue weighted by molar-refractivity contribution is 7.22. The molecule has 4 heteroatoms. The molecule has 0 aliphatic heterocycles. The lowest BCUT2D eigenvalue weighted by Gasteiger charge is -1.98. The molecule has 3 aromatic carbocycles. The second-order valence-electron chi connectivity index (χ2n) is 6.23. The number of rotatable bonds is 3. The van der Waals surface area contributed by atoms with Crippen LogP contribution in [0.25, 0.3) is 42.5 Å². The molecule has 0 amide bonds. The van der Waals surface area contributed by atoms with Crippen LogP contribution in [0.2, 0.25) is 0 Å². The van der Waals surface area contributed by atoms with Crippen LogP contribution in [0, 0.1) is 0 Å². The first-order chi connectivity index (χ1) is 12.7. The number of furan rings is 1. The Morgan fingerprint density at radius 3 is 2.69 bits per heavy atom. The molecular formula is C22H14O3S. The number of Topliss-reactive ketones (excluding diaryl/α,β-unsaturated/α-hetero) is 1. The molecule has 0 unspecified atom stereocenters. The quantitative estimate of drug-likeness (QED) is 0.424. The highest BCUT2D eigenvalue weighted by atomic mass is 32.1. The summed E-state index contributed by atoms with van der Waals surface area (Å²) in [6, 6.07) is 21.9. The van der Waals surface area contributed by atoms with Crippen LogP contribution in [0.1, 0.15) is 10.4 Å². The Hall–Kier alpha value is -2.95. The second kappa shape index (κ2) is 5.80. The molecule has 0 saturated carbocycles. The number of thiophene rings is 1. The molecule has 0 radical (unpaired) electrons. The number of hydrogen-bond acceptors (Lipinski definition) is 4. The fourth-order valence-electron chi connectivity index (χ4n) is 3.37. The Morgan fingerprint density at radius 2 is 1.81 bits per heavy atom. The minimum atomic E-state index is -0.470. The van der Waals surface area contributed by atoms with Gasteiger partial charge in [0.2, 0.25) is 0 Å². The Kier molecular flexibility index (Phi) is 3.42. The first-order valence-corrected chi connectivity index (χ1v) is 9.14. The summed E-state index contributed by atoms with van der Waals surface area (Å²) < 4.78 is 7.15. The van der Waals surface area contributed by atoms with E-state index < -0.39 is 6.61 Å². The number of ketones is 1. The summed E-state index contributed by atoms with van der Waals surface area (Å²) in [5, 5.41) is 12.4. The molecule has 2 heterocycles. The maximum absolute atomic E-state index is 11.7. The van der Waals surface area contributed by atoms with E-state index >= 15 is 0 Å². The third kappa shape index (κ3) is 2.27. The van der Waals surface area contributed by atoms with Crippen molar-refractivity contribution >= 4 is 49.1 Å². The number of aliphatic hydroxyl groups excluding tert-OH is 1. The van der Waals surface area contributed by atoms with Crippen LogP contribution in [0.5, 0.6) is 0 Å². The lowest BCUT2D eigenvalue weighted by molar-refractivity contribution is 0.0904. The van der Waals surface area contributed by atoms with E-state index in [1.165, 1.54) is 0 Å². The van der Waals surface area contributed by atoms with E-state index in [1.54, 1.807) is 17.4 Å². The summed E-state index contributed by atoms with van der Waals surface area (Å²) in [7, 11) is 0. The molecule has 3 nitrogen and oxygen atoms in total. The minimum absolute atomic E-state index is 0.263. The lowest BCUT2D eigenvalue weighted by atomic mass is 10.1. The third-order valence-electron chi connectivity index (χ3n) is 4.66. The number of aliphatic hydroxyl groups is 1. The van der Waals surface area contributed by atoms with Gasteiger partial charge in [0, 0.05) is 31.5 Å². The van der Waals surface area contributed by atoms with E-state index in [4.69, 9.17) is 9.52 Å². The summed E-state index contributed by atoms with van der Waals surface area (Å²) in [5.74, 6) is -0.263. The SMILES string of the molecule is O=C(CO)c1ccc2cc(-c3cccc4c3oc3ccccc34)sc2c1. The number of carbonyl (C=O) groups is 1. The van der Waals surface area contributed by atoms with Crippen LogP contribution in [-0.4, -0.2) is 17.5 Å². The monoisotopic (exact) mass is 358 g/mol. The van der Waals surface area contributed by atoms with E-state index in [-0.39, 0.29) is 5.78 Å². The maximum atomic E-state index is 11.7. The van der Waals surface area contributed by atoms with Crippen LogP contribution >= 0.6 is 11.3 Å². The van der Waals surface area contributed by atoms with Gasteiger partial charge in [0.15, 0.2) is 5.78 Å². The highest BCUT2D eigenvalue weighted by Crippen LogP contribution is 2.40. The Morgan fingerprint density at radius 1 is 0.962 bits per heavy atom. The summed E-state index contributed by atoms with van der Waals surface area (Å²) in [4.78, 5) is 12.8. The standard InChI is InChI=1S/C22H14O3S/c23-12-18(24)13-8-9-14-11-21(26-20(14)10-13)17-6-3-5-16-15-4-1-2-7-19(15)25-22(16)17/h1-11,23H,12H2. The van der Waals surface area contributed by atoms with Gasteiger partial charge in [0.25, 0.3) is 0 Å². The molecule has 26 heavy (non-hydrogen) atoms. The number of hydrogen-bond donors (Lipinski definition) is 1. The van der Waals surface area contributed by atoms with Gasteiger partial charge >= 0.3 is 0 Å². The number of para-hydroxylation sites is 2. The van der Waals surface area contributed by atoms with Crippen molar-refractivity contribution in [2.24, 2.45) is 0 Å². The van der Waals surface area contributed by atoms with Crippen molar-refractivity contribution in [1.82, 2.24) is 0 Å². The Bertz CT molecular complexity index is 1290. The normalized spacial score (nSPS) is 11.6. The fourth-order valence-corrected chi connectivity index (χ4v) is 4.49. The topological polar surface area (TPSA) is 50.4 Å². The number of carbonyl (C=O) groups excluding carboxylic acids is 1. The molecule has 1 N–H and O–H groups in total. The molecule has 5 aromatic rings. The molecule has 0 aliphatic carbocycles. The van der Waals surface area contributed by atoms with Crippen LogP contribution < -0.4 is 0 Å². The molecule has 126 valence electrons. The van der Waals surface area contributed by atoms with Crippen LogP contribution in [0.4, 0.5) is 0 Å². The predicted molar refractivity (Wildman–Crippen MR) is 106 cm³/mol. The zero-order valence-electron chi connectivity index (χ0n) is 13.7. The van der Waals surface area contributed by atoms with Gasteiger partial charge in [0.05, 0.1) is 0 Å². The lowest BCUT2D eigenvalue weighted by Crippen LogP contribution is -2.03. The van der Waals surface area contributed by atoms with Crippen LogP contribution in [-0.2, 0) is 0 Å². The molecular weight excluding hydrogens is 344 g/mol. The summed E-state index contributed by atoms with van der Waals surface area (Å²) in [6.45, 7) is -0.470. The number of benzene rings is 3. The molecule has 0 spiro atoms. The van der Waals surface area contributed by atoms with E-state index in [2.05, 4.69) is 24.3 Å². The molecule has 5 rings (SSSR count). The maximum Gasteiger partial charge on any atom is 0.188 e. The molecule has 2 aromatic heterocycles. The van der Waals surface area contributed by atoms with Gasteiger partial charge in [0.1, 0.15) is 17.8 Å². The van der Waals surface area contributed by atoms with Crippen molar-refractivity contribution < 1.29 is 14.3 Å². The third-order valence-corrected chi connectivity index (χ3v) is 5.79. The van der Waals surface area contributed by atoms with Crippen molar-refractivity contribution in [3.8, 4) is 10.4 Å². The fraction of sp³-hybridized carbons (Fsp3) is 0.0455.